The molecule has 0 saturated carbocycles. The monoisotopic (exact) mass is 254 g/mol. The van der Waals surface area contributed by atoms with Crippen molar-refractivity contribution in [2.45, 2.75) is 6.92 Å². The van der Waals surface area contributed by atoms with E-state index in [4.69, 9.17) is 4.74 Å². The van der Waals surface area contributed by atoms with Crippen LogP contribution in [0.5, 0.6) is 5.75 Å². The van der Waals surface area contributed by atoms with Crippen molar-refractivity contribution < 1.29 is 9.53 Å². The van der Waals surface area contributed by atoms with E-state index in [0.29, 0.717) is 5.57 Å². The number of aldehydes is 1. The quantitative estimate of drug-likeness (QED) is 0.612. The molecule has 0 N–H and O–H groups in total. The molecule has 3 heteroatoms. The Morgan fingerprint density at radius 1 is 1.50 bits per heavy atom. The van der Waals surface area contributed by atoms with Crippen LogP contribution in [0.15, 0.2) is 28.2 Å². The van der Waals surface area contributed by atoms with Crippen molar-refractivity contribution in [3.63, 3.8) is 0 Å². The van der Waals surface area contributed by atoms with Gasteiger partial charge in [0.1, 0.15) is 12.0 Å². The lowest BCUT2D eigenvalue weighted by Crippen LogP contribution is -1.85. The number of methoxy groups -OCH3 is 1. The second-order valence-electron chi connectivity index (χ2n) is 2.90. The van der Waals surface area contributed by atoms with Gasteiger partial charge in [-0.3, -0.25) is 4.79 Å². The zero-order valence-corrected chi connectivity index (χ0v) is 9.67. The van der Waals surface area contributed by atoms with Crippen molar-refractivity contribution in [2.24, 2.45) is 0 Å². The van der Waals surface area contributed by atoms with Crippen molar-refractivity contribution >= 4 is 28.3 Å². The predicted molar refractivity (Wildman–Crippen MR) is 60.4 cm³/mol. The third-order valence-corrected chi connectivity index (χ3v) is 2.38. The minimum absolute atomic E-state index is 0.696. The molecule has 0 bridgehead atoms. The fraction of sp³-hybridized carbons (Fsp3) is 0.182. The van der Waals surface area contributed by atoms with Crippen molar-refractivity contribution in [1.82, 2.24) is 0 Å². The highest BCUT2D eigenvalue weighted by molar-refractivity contribution is 9.10. The zero-order valence-electron chi connectivity index (χ0n) is 8.08. The first-order valence-electron chi connectivity index (χ1n) is 4.14. The first-order chi connectivity index (χ1) is 6.67. The van der Waals surface area contributed by atoms with E-state index in [0.717, 1.165) is 22.1 Å². The lowest BCUT2D eigenvalue weighted by Gasteiger charge is -2.03. The highest BCUT2D eigenvalue weighted by Crippen LogP contribution is 2.26. The Hall–Kier alpha value is -1.09. The lowest BCUT2D eigenvalue weighted by atomic mass is 10.1. The van der Waals surface area contributed by atoms with Crippen molar-refractivity contribution in [3.8, 4) is 5.75 Å². The van der Waals surface area contributed by atoms with Gasteiger partial charge in [0, 0.05) is 0 Å². The minimum Gasteiger partial charge on any atom is -0.496 e. The van der Waals surface area contributed by atoms with Crippen LogP contribution in [0.1, 0.15) is 12.5 Å². The van der Waals surface area contributed by atoms with Gasteiger partial charge >= 0.3 is 0 Å². The molecule has 74 valence electrons. The topological polar surface area (TPSA) is 26.3 Å². The number of carbonyl (C=O) groups excluding carboxylic acids is 1. The molecule has 0 unspecified atom stereocenters. The number of allylic oxidation sites excluding steroid dienone is 1. The number of hydrogen-bond acceptors (Lipinski definition) is 2. The molecule has 0 aromatic heterocycles. The van der Waals surface area contributed by atoms with Gasteiger partial charge < -0.3 is 4.74 Å². The summed E-state index contributed by atoms with van der Waals surface area (Å²) in [4.78, 5) is 10.4. The van der Waals surface area contributed by atoms with Gasteiger partial charge in [0.25, 0.3) is 0 Å². The van der Waals surface area contributed by atoms with Crippen molar-refractivity contribution in [1.29, 1.82) is 0 Å². The average Bonchev–Trinajstić information content (AvgIpc) is 2.18. The number of hydrogen-bond donors (Lipinski definition) is 0. The van der Waals surface area contributed by atoms with E-state index in [9.17, 15) is 4.79 Å². The van der Waals surface area contributed by atoms with Gasteiger partial charge in [-0.1, -0.05) is 6.07 Å². The molecule has 0 spiro atoms. The van der Waals surface area contributed by atoms with Crippen molar-refractivity contribution in [3.05, 3.63) is 33.8 Å². The van der Waals surface area contributed by atoms with Crippen LogP contribution in [0.25, 0.3) is 6.08 Å². The van der Waals surface area contributed by atoms with Gasteiger partial charge in [-0.2, -0.15) is 0 Å². The van der Waals surface area contributed by atoms with E-state index in [-0.39, 0.29) is 0 Å². The van der Waals surface area contributed by atoms with Gasteiger partial charge in [-0.15, -0.1) is 0 Å². The van der Waals surface area contributed by atoms with E-state index in [1.807, 2.05) is 24.3 Å². The number of ether oxygens (including phenoxy) is 1. The highest BCUT2D eigenvalue weighted by atomic mass is 79.9. The van der Waals surface area contributed by atoms with E-state index >= 15 is 0 Å². The molecule has 0 aliphatic rings. The second-order valence-corrected chi connectivity index (χ2v) is 3.75. The normalized spacial score (nSPS) is 11.2. The van der Waals surface area contributed by atoms with Crippen molar-refractivity contribution in [2.75, 3.05) is 7.11 Å². The minimum atomic E-state index is 0.696. The van der Waals surface area contributed by atoms with Gasteiger partial charge in [0.05, 0.1) is 11.6 Å². The Bertz CT molecular complexity index is 370. The maximum absolute atomic E-state index is 10.4. The Kier molecular flexibility index (Phi) is 3.89. The molecule has 0 amide bonds. The van der Waals surface area contributed by atoms with Gasteiger partial charge in [-0.05, 0) is 52.2 Å². The molecule has 0 fully saturated rings. The molecule has 14 heavy (non-hydrogen) atoms. The Balaban J connectivity index is 3.03. The molecule has 1 rings (SSSR count). The summed E-state index contributed by atoms with van der Waals surface area (Å²) in [5, 5.41) is 0. The first-order valence-corrected chi connectivity index (χ1v) is 4.93. The molecule has 0 atom stereocenters. The maximum atomic E-state index is 10.4. The standard InChI is InChI=1S/C11H11BrO2/c1-8(7-13)5-9-3-4-11(14-2)10(12)6-9/h3-7H,1-2H3/b8-5-. The van der Waals surface area contributed by atoms with Crippen LogP contribution < -0.4 is 4.74 Å². The average molecular weight is 255 g/mol. The first kappa shape index (κ1) is 11.0. The van der Waals surface area contributed by atoms with Gasteiger partial charge in [0.2, 0.25) is 0 Å². The van der Waals surface area contributed by atoms with E-state index in [2.05, 4.69) is 15.9 Å². The molecule has 0 radical (unpaired) electrons. The summed E-state index contributed by atoms with van der Waals surface area (Å²) in [6.45, 7) is 1.77. The molecule has 0 aliphatic heterocycles. The predicted octanol–water partition coefficient (Wildman–Crippen LogP) is 3.06. The summed E-state index contributed by atoms with van der Waals surface area (Å²) < 4.78 is 5.98. The zero-order chi connectivity index (χ0) is 10.6. The largest absolute Gasteiger partial charge is 0.496 e. The molecule has 0 aliphatic carbocycles. The third-order valence-electron chi connectivity index (χ3n) is 1.76. The Morgan fingerprint density at radius 2 is 2.21 bits per heavy atom. The summed E-state index contributed by atoms with van der Waals surface area (Å²) in [6, 6.07) is 5.66. The van der Waals surface area contributed by atoms with Crippen LogP contribution in [0.2, 0.25) is 0 Å². The van der Waals surface area contributed by atoms with Crippen LogP contribution in [-0.2, 0) is 4.79 Å². The molecular weight excluding hydrogens is 244 g/mol. The van der Waals surface area contributed by atoms with E-state index < -0.39 is 0 Å². The van der Waals surface area contributed by atoms with Gasteiger partial charge in [-0.25, -0.2) is 0 Å². The molecular formula is C11H11BrO2. The second kappa shape index (κ2) is 4.96. The molecule has 1 aromatic carbocycles. The summed E-state index contributed by atoms with van der Waals surface area (Å²) >= 11 is 3.38. The number of halogens is 1. The lowest BCUT2D eigenvalue weighted by molar-refractivity contribution is -0.104. The fourth-order valence-corrected chi connectivity index (χ4v) is 1.63. The van der Waals surface area contributed by atoms with Crippen LogP contribution in [0, 0.1) is 0 Å². The fourth-order valence-electron chi connectivity index (χ4n) is 1.07. The molecule has 2 nitrogen and oxygen atoms in total. The van der Waals surface area contributed by atoms with Crippen LogP contribution in [0.4, 0.5) is 0 Å². The van der Waals surface area contributed by atoms with E-state index in [1.54, 1.807) is 14.0 Å². The van der Waals surface area contributed by atoms with Crippen LogP contribution in [0.3, 0.4) is 0 Å². The van der Waals surface area contributed by atoms with Crippen LogP contribution in [-0.4, -0.2) is 13.4 Å². The number of benzene rings is 1. The summed E-state index contributed by atoms with van der Waals surface area (Å²) in [5.74, 6) is 0.783. The highest BCUT2D eigenvalue weighted by Gasteiger charge is 1.99. The molecule has 1 aromatic rings. The van der Waals surface area contributed by atoms with Crippen LogP contribution >= 0.6 is 15.9 Å². The van der Waals surface area contributed by atoms with Gasteiger partial charge in [0.15, 0.2) is 0 Å². The summed E-state index contributed by atoms with van der Waals surface area (Å²) in [7, 11) is 1.62. The smallest absolute Gasteiger partial charge is 0.145 e. The summed E-state index contributed by atoms with van der Waals surface area (Å²) in [6.07, 6.45) is 2.65. The Morgan fingerprint density at radius 3 is 2.71 bits per heavy atom. The number of carbonyl (C=O) groups is 1. The molecule has 0 saturated heterocycles. The summed E-state index contributed by atoms with van der Waals surface area (Å²) in [5.41, 5.74) is 1.67. The number of rotatable bonds is 3. The third kappa shape index (κ3) is 2.70. The Labute approximate surface area is 91.7 Å². The SMILES string of the molecule is COc1ccc(/C=C(/C)C=O)cc1Br. The molecule has 0 heterocycles. The maximum Gasteiger partial charge on any atom is 0.145 e. The van der Waals surface area contributed by atoms with E-state index in [1.165, 1.54) is 0 Å².